The Balaban J connectivity index is 1.61. The van der Waals surface area contributed by atoms with Crippen molar-refractivity contribution in [2.45, 2.75) is 46.5 Å². The molecule has 1 aromatic carbocycles. The van der Waals surface area contributed by atoms with E-state index in [0.717, 1.165) is 48.4 Å². The SMILES string of the molecule is COCCOc1ccc2c(c1)nc(NCCCCCC(=O)OCC(C)C)c1nnc(C)n12. The molecule has 32 heavy (non-hydrogen) atoms. The molecule has 0 radical (unpaired) electrons. The first-order chi connectivity index (χ1) is 15.5. The van der Waals surface area contributed by atoms with Crippen LogP contribution < -0.4 is 10.1 Å². The van der Waals surface area contributed by atoms with Crippen molar-refractivity contribution >= 4 is 28.5 Å². The first-order valence-corrected chi connectivity index (χ1v) is 11.2. The Bertz CT molecular complexity index is 1030. The largest absolute Gasteiger partial charge is 0.491 e. The standard InChI is InChI=1S/C23H33N5O4/c1-16(2)15-32-21(29)8-6-5-7-11-24-22-23-27-26-17(3)28(23)20-10-9-18(14-19(20)25-22)31-13-12-30-4/h9-10,14,16H,5-8,11-13,15H2,1-4H3,(H,24,25). The Hall–Kier alpha value is -2.94. The monoisotopic (exact) mass is 443 g/mol. The summed E-state index contributed by atoms with van der Waals surface area (Å²) >= 11 is 0. The molecular formula is C23H33N5O4. The van der Waals surface area contributed by atoms with E-state index in [9.17, 15) is 4.79 Å². The zero-order chi connectivity index (χ0) is 22.9. The van der Waals surface area contributed by atoms with Crippen LogP contribution in [0.3, 0.4) is 0 Å². The van der Waals surface area contributed by atoms with Crippen LogP contribution in [0, 0.1) is 12.8 Å². The number of methoxy groups -OCH3 is 1. The molecule has 3 aromatic rings. The minimum absolute atomic E-state index is 0.118. The van der Waals surface area contributed by atoms with E-state index in [1.807, 2.05) is 43.4 Å². The summed E-state index contributed by atoms with van der Waals surface area (Å²) in [5.41, 5.74) is 2.41. The van der Waals surface area contributed by atoms with Crippen LogP contribution in [-0.4, -0.2) is 59.0 Å². The molecule has 9 heteroatoms. The van der Waals surface area contributed by atoms with Crippen LogP contribution in [-0.2, 0) is 14.3 Å². The molecule has 1 N–H and O–H groups in total. The molecular weight excluding hydrogens is 410 g/mol. The molecule has 0 spiro atoms. The van der Waals surface area contributed by atoms with Gasteiger partial charge in [-0.05, 0) is 37.8 Å². The van der Waals surface area contributed by atoms with Gasteiger partial charge in [0, 0.05) is 26.1 Å². The quantitative estimate of drug-likeness (QED) is 0.315. The van der Waals surface area contributed by atoms with Crippen molar-refractivity contribution in [3.8, 4) is 5.75 Å². The number of benzene rings is 1. The zero-order valence-corrected chi connectivity index (χ0v) is 19.4. The molecule has 0 bridgehead atoms. The van der Waals surface area contributed by atoms with Crippen LogP contribution in [0.2, 0.25) is 0 Å². The fourth-order valence-corrected chi connectivity index (χ4v) is 3.32. The number of carbonyl (C=O) groups excluding carboxylic acids is 1. The molecule has 0 fully saturated rings. The Labute approximate surface area is 188 Å². The molecule has 0 aliphatic rings. The van der Waals surface area contributed by atoms with Crippen molar-refractivity contribution in [3.05, 3.63) is 24.0 Å². The Morgan fingerprint density at radius 2 is 2.00 bits per heavy atom. The first kappa shape index (κ1) is 23.7. The lowest BCUT2D eigenvalue weighted by Crippen LogP contribution is -2.10. The Morgan fingerprint density at radius 1 is 1.16 bits per heavy atom. The minimum atomic E-state index is -0.118. The van der Waals surface area contributed by atoms with Gasteiger partial charge >= 0.3 is 5.97 Å². The maximum Gasteiger partial charge on any atom is 0.305 e. The number of hydrogen-bond acceptors (Lipinski definition) is 8. The molecule has 0 saturated carbocycles. The summed E-state index contributed by atoms with van der Waals surface area (Å²) in [7, 11) is 1.65. The number of unbranched alkanes of at least 4 members (excludes halogenated alkanes) is 2. The van der Waals surface area contributed by atoms with Gasteiger partial charge in [-0.25, -0.2) is 4.98 Å². The van der Waals surface area contributed by atoms with Gasteiger partial charge in [-0.1, -0.05) is 20.3 Å². The number of nitrogens with zero attached hydrogens (tertiary/aromatic N) is 4. The number of ether oxygens (including phenoxy) is 3. The maximum absolute atomic E-state index is 11.7. The lowest BCUT2D eigenvalue weighted by atomic mass is 10.2. The number of anilines is 1. The number of carbonyl (C=O) groups is 1. The summed E-state index contributed by atoms with van der Waals surface area (Å²) in [5, 5.41) is 11.9. The highest BCUT2D eigenvalue weighted by atomic mass is 16.5. The van der Waals surface area contributed by atoms with Gasteiger partial charge in [0.2, 0.25) is 5.65 Å². The van der Waals surface area contributed by atoms with E-state index in [1.54, 1.807) is 7.11 Å². The van der Waals surface area contributed by atoms with Gasteiger partial charge in [-0.3, -0.25) is 9.20 Å². The van der Waals surface area contributed by atoms with E-state index in [1.165, 1.54) is 0 Å². The highest BCUT2D eigenvalue weighted by Gasteiger charge is 2.13. The van der Waals surface area contributed by atoms with E-state index in [0.29, 0.717) is 43.6 Å². The van der Waals surface area contributed by atoms with Gasteiger partial charge < -0.3 is 19.5 Å². The number of nitrogens with one attached hydrogen (secondary N) is 1. The fourth-order valence-electron chi connectivity index (χ4n) is 3.32. The predicted octanol–water partition coefficient (Wildman–Crippen LogP) is 3.78. The third kappa shape index (κ3) is 6.29. The number of hydrogen-bond donors (Lipinski definition) is 1. The molecule has 0 aliphatic heterocycles. The molecule has 2 aromatic heterocycles. The van der Waals surface area contributed by atoms with Crippen LogP contribution in [0.25, 0.3) is 16.7 Å². The summed E-state index contributed by atoms with van der Waals surface area (Å²) in [6.45, 7) is 8.20. The van der Waals surface area contributed by atoms with Gasteiger partial charge in [0.25, 0.3) is 0 Å². The molecule has 2 heterocycles. The van der Waals surface area contributed by atoms with Crippen molar-refractivity contribution in [2.24, 2.45) is 5.92 Å². The number of fused-ring (bicyclic) bond motifs is 3. The predicted molar refractivity (Wildman–Crippen MR) is 123 cm³/mol. The van der Waals surface area contributed by atoms with Crippen molar-refractivity contribution in [2.75, 3.05) is 38.8 Å². The van der Waals surface area contributed by atoms with Gasteiger partial charge in [0.15, 0.2) is 5.82 Å². The van der Waals surface area contributed by atoms with E-state index in [4.69, 9.17) is 19.2 Å². The fraction of sp³-hybridized carbons (Fsp3) is 0.565. The van der Waals surface area contributed by atoms with E-state index in [-0.39, 0.29) is 5.97 Å². The van der Waals surface area contributed by atoms with E-state index in [2.05, 4.69) is 15.5 Å². The van der Waals surface area contributed by atoms with Crippen molar-refractivity contribution in [3.63, 3.8) is 0 Å². The molecule has 174 valence electrons. The topological polar surface area (TPSA) is 99.9 Å². The average molecular weight is 444 g/mol. The number of esters is 1. The van der Waals surface area contributed by atoms with Gasteiger partial charge in [0.05, 0.1) is 24.2 Å². The third-order valence-electron chi connectivity index (χ3n) is 4.94. The number of aromatic nitrogens is 4. The van der Waals surface area contributed by atoms with Crippen molar-refractivity contribution in [1.82, 2.24) is 19.6 Å². The number of aryl methyl sites for hydroxylation is 1. The highest BCUT2D eigenvalue weighted by molar-refractivity contribution is 5.84. The Morgan fingerprint density at radius 3 is 2.78 bits per heavy atom. The first-order valence-electron chi connectivity index (χ1n) is 11.2. The summed E-state index contributed by atoms with van der Waals surface area (Å²) in [4.78, 5) is 16.5. The van der Waals surface area contributed by atoms with Crippen LogP contribution in [0.5, 0.6) is 5.75 Å². The molecule has 0 aliphatic carbocycles. The molecule has 0 saturated heterocycles. The molecule has 0 amide bonds. The summed E-state index contributed by atoms with van der Waals surface area (Å²) in [6, 6.07) is 5.80. The second-order valence-electron chi connectivity index (χ2n) is 8.17. The Kier molecular flexibility index (Phi) is 8.61. The molecule has 0 unspecified atom stereocenters. The van der Waals surface area contributed by atoms with Crippen LogP contribution >= 0.6 is 0 Å². The number of rotatable bonds is 13. The second-order valence-corrected chi connectivity index (χ2v) is 8.17. The molecule has 0 atom stereocenters. The molecule has 9 nitrogen and oxygen atoms in total. The van der Waals surface area contributed by atoms with Gasteiger partial charge in [-0.2, -0.15) is 0 Å². The maximum atomic E-state index is 11.7. The van der Waals surface area contributed by atoms with Crippen LogP contribution in [0.4, 0.5) is 5.82 Å². The van der Waals surface area contributed by atoms with Gasteiger partial charge in [-0.15, -0.1) is 10.2 Å². The van der Waals surface area contributed by atoms with E-state index < -0.39 is 0 Å². The third-order valence-corrected chi connectivity index (χ3v) is 4.94. The normalized spacial score (nSPS) is 11.4. The summed E-state index contributed by atoms with van der Waals surface area (Å²) < 4.78 is 18.0. The lowest BCUT2D eigenvalue weighted by Gasteiger charge is -2.11. The smallest absolute Gasteiger partial charge is 0.305 e. The van der Waals surface area contributed by atoms with E-state index >= 15 is 0 Å². The lowest BCUT2D eigenvalue weighted by molar-refractivity contribution is -0.144. The summed E-state index contributed by atoms with van der Waals surface area (Å²) in [5.74, 6) is 2.46. The second kappa shape index (κ2) is 11.6. The zero-order valence-electron chi connectivity index (χ0n) is 19.4. The van der Waals surface area contributed by atoms with Crippen molar-refractivity contribution < 1.29 is 19.0 Å². The summed E-state index contributed by atoms with van der Waals surface area (Å²) in [6.07, 6.45) is 3.11. The van der Waals surface area contributed by atoms with Crippen LogP contribution in [0.15, 0.2) is 18.2 Å². The van der Waals surface area contributed by atoms with Crippen LogP contribution in [0.1, 0.15) is 45.4 Å². The highest BCUT2D eigenvalue weighted by Crippen LogP contribution is 2.25. The van der Waals surface area contributed by atoms with Crippen molar-refractivity contribution in [1.29, 1.82) is 0 Å². The minimum Gasteiger partial charge on any atom is -0.491 e. The molecule has 3 rings (SSSR count). The average Bonchev–Trinajstić information content (AvgIpc) is 3.16. The van der Waals surface area contributed by atoms with Gasteiger partial charge in [0.1, 0.15) is 18.2 Å².